The Morgan fingerprint density at radius 2 is 1.67 bits per heavy atom. The van der Waals surface area contributed by atoms with Crippen LogP contribution in [0.2, 0.25) is 0 Å². The van der Waals surface area contributed by atoms with Crippen LogP contribution in [0, 0.1) is 5.92 Å². The number of nitrogens with one attached hydrogen (secondary N) is 1. The molecule has 2 aliphatic rings. The van der Waals surface area contributed by atoms with Gasteiger partial charge in [-0.25, -0.2) is 0 Å². The van der Waals surface area contributed by atoms with Crippen LogP contribution < -0.4 is 5.32 Å². The first-order valence-corrected chi connectivity index (χ1v) is 8.23. The van der Waals surface area contributed by atoms with Crippen molar-refractivity contribution in [2.75, 3.05) is 13.2 Å². The lowest BCUT2D eigenvalue weighted by Gasteiger charge is -2.29. The quantitative estimate of drug-likeness (QED) is 0.725. The van der Waals surface area contributed by atoms with Crippen molar-refractivity contribution in [1.29, 1.82) is 0 Å². The maximum absolute atomic E-state index is 5.95. The average Bonchev–Trinajstić information content (AvgIpc) is 2.45. The van der Waals surface area contributed by atoms with Crippen LogP contribution in [-0.2, 0) is 4.74 Å². The van der Waals surface area contributed by atoms with E-state index in [1.807, 2.05) is 0 Å². The van der Waals surface area contributed by atoms with Crippen molar-refractivity contribution in [3.05, 3.63) is 0 Å². The molecule has 0 aromatic carbocycles. The summed E-state index contributed by atoms with van der Waals surface area (Å²) in [6.45, 7) is 4.30. The molecule has 0 saturated heterocycles. The van der Waals surface area contributed by atoms with Gasteiger partial charge < -0.3 is 10.1 Å². The summed E-state index contributed by atoms with van der Waals surface area (Å²) in [5.74, 6) is 1.00. The Bertz CT molecular complexity index is 205. The van der Waals surface area contributed by atoms with Crippen LogP contribution in [0.15, 0.2) is 0 Å². The molecule has 1 N–H and O–H groups in total. The van der Waals surface area contributed by atoms with E-state index < -0.39 is 0 Å². The minimum Gasteiger partial charge on any atom is -0.377 e. The van der Waals surface area contributed by atoms with Crippen LogP contribution >= 0.6 is 0 Å². The zero-order valence-corrected chi connectivity index (χ0v) is 12.1. The number of rotatable bonds is 6. The van der Waals surface area contributed by atoms with Crippen LogP contribution in [0.25, 0.3) is 0 Å². The molecular weight excluding hydrogens is 222 g/mol. The van der Waals surface area contributed by atoms with Crippen molar-refractivity contribution in [2.45, 2.75) is 83.3 Å². The van der Waals surface area contributed by atoms with E-state index in [9.17, 15) is 0 Å². The SMILES string of the molecule is CCC1CCC(NCCOC2CCCCC2)CC1. The molecule has 0 spiro atoms. The van der Waals surface area contributed by atoms with E-state index >= 15 is 0 Å². The number of hydrogen-bond acceptors (Lipinski definition) is 2. The summed E-state index contributed by atoms with van der Waals surface area (Å²) in [6.07, 6.45) is 14.3. The normalized spacial score (nSPS) is 30.5. The second kappa shape index (κ2) is 8.16. The third-order valence-electron chi connectivity index (χ3n) is 4.86. The van der Waals surface area contributed by atoms with Crippen LogP contribution in [-0.4, -0.2) is 25.3 Å². The predicted octanol–water partition coefficient (Wildman–Crippen LogP) is 3.89. The maximum atomic E-state index is 5.95. The molecule has 0 radical (unpaired) electrons. The molecule has 18 heavy (non-hydrogen) atoms. The van der Waals surface area contributed by atoms with E-state index in [1.54, 1.807) is 0 Å². The van der Waals surface area contributed by atoms with E-state index in [4.69, 9.17) is 4.74 Å². The summed E-state index contributed by atoms with van der Waals surface area (Å²) in [5.41, 5.74) is 0. The van der Waals surface area contributed by atoms with Crippen molar-refractivity contribution in [3.8, 4) is 0 Å². The molecule has 0 heterocycles. The van der Waals surface area contributed by atoms with Gasteiger partial charge in [-0.15, -0.1) is 0 Å². The van der Waals surface area contributed by atoms with Gasteiger partial charge in [-0.2, -0.15) is 0 Å². The molecule has 0 bridgehead atoms. The Hall–Kier alpha value is -0.0800. The molecule has 0 aromatic rings. The average molecular weight is 253 g/mol. The molecular formula is C16H31NO. The van der Waals surface area contributed by atoms with Gasteiger partial charge in [0.05, 0.1) is 12.7 Å². The van der Waals surface area contributed by atoms with Gasteiger partial charge in [0.15, 0.2) is 0 Å². The second-order valence-corrected chi connectivity index (χ2v) is 6.21. The largest absolute Gasteiger partial charge is 0.377 e. The van der Waals surface area contributed by atoms with Crippen molar-refractivity contribution >= 4 is 0 Å². The van der Waals surface area contributed by atoms with Gasteiger partial charge >= 0.3 is 0 Å². The third kappa shape index (κ3) is 4.89. The van der Waals surface area contributed by atoms with E-state index in [0.717, 1.165) is 25.1 Å². The summed E-state index contributed by atoms with van der Waals surface area (Å²) in [7, 11) is 0. The van der Waals surface area contributed by atoms with Gasteiger partial charge in [-0.3, -0.25) is 0 Å². The van der Waals surface area contributed by atoms with E-state index in [-0.39, 0.29) is 0 Å². The highest BCUT2D eigenvalue weighted by Gasteiger charge is 2.19. The minimum atomic E-state index is 0.566. The molecule has 2 fully saturated rings. The van der Waals surface area contributed by atoms with Crippen LogP contribution in [0.4, 0.5) is 0 Å². The fourth-order valence-electron chi connectivity index (χ4n) is 3.50. The Labute approximate surface area is 113 Å². The van der Waals surface area contributed by atoms with E-state index in [1.165, 1.54) is 64.2 Å². The van der Waals surface area contributed by atoms with E-state index in [2.05, 4.69) is 12.2 Å². The molecule has 106 valence electrons. The topological polar surface area (TPSA) is 21.3 Å². The summed E-state index contributed by atoms with van der Waals surface area (Å²) in [4.78, 5) is 0. The first-order valence-electron chi connectivity index (χ1n) is 8.23. The highest BCUT2D eigenvalue weighted by molar-refractivity contribution is 4.76. The molecule has 0 aliphatic heterocycles. The van der Waals surface area contributed by atoms with Crippen LogP contribution in [0.1, 0.15) is 71.1 Å². The lowest BCUT2D eigenvalue weighted by Crippen LogP contribution is -2.36. The Morgan fingerprint density at radius 3 is 2.33 bits per heavy atom. The monoisotopic (exact) mass is 253 g/mol. The zero-order chi connectivity index (χ0) is 12.6. The molecule has 2 saturated carbocycles. The van der Waals surface area contributed by atoms with E-state index in [0.29, 0.717) is 6.10 Å². The van der Waals surface area contributed by atoms with Crippen LogP contribution in [0.5, 0.6) is 0 Å². The number of ether oxygens (including phenoxy) is 1. The molecule has 2 rings (SSSR count). The third-order valence-corrected chi connectivity index (χ3v) is 4.86. The van der Waals surface area contributed by atoms with Gasteiger partial charge in [0.25, 0.3) is 0 Å². The highest BCUT2D eigenvalue weighted by Crippen LogP contribution is 2.26. The van der Waals surface area contributed by atoms with Gasteiger partial charge in [-0.05, 0) is 44.4 Å². The Morgan fingerprint density at radius 1 is 0.944 bits per heavy atom. The van der Waals surface area contributed by atoms with Crippen molar-refractivity contribution in [1.82, 2.24) is 5.32 Å². The molecule has 0 atom stereocenters. The van der Waals surface area contributed by atoms with Gasteiger partial charge in [-0.1, -0.05) is 32.6 Å². The maximum Gasteiger partial charge on any atom is 0.0594 e. The first kappa shape index (κ1) is 14.3. The summed E-state index contributed by atoms with van der Waals surface area (Å²) < 4.78 is 5.95. The minimum absolute atomic E-state index is 0.566. The molecule has 2 nitrogen and oxygen atoms in total. The fraction of sp³-hybridized carbons (Fsp3) is 1.00. The molecule has 0 amide bonds. The summed E-state index contributed by atoms with van der Waals surface area (Å²) in [5, 5.41) is 3.68. The molecule has 2 heteroatoms. The lowest BCUT2D eigenvalue weighted by molar-refractivity contribution is 0.0287. The van der Waals surface area contributed by atoms with Crippen molar-refractivity contribution < 1.29 is 4.74 Å². The molecule has 0 aromatic heterocycles. The number of hydrogen-bond donors (Lipinski definition) is 1. The van der Waals surface area contributed by atoms with Gasteiger partial charge in [0, 0.05) is 12.6 Å². The summed E-state index contributed by atoms with van der Waals surface area (Å²) >= 11 is 0. The lowest BCUT2D eigenvalue weighted by atomic mass is 9.84. The highest BCUT2D eigenvalue weighted by atomic mass is 16.5. The molecule has 2 aliphatic carbocycles. The summed E-state index contributed by atoms with van der Waals surface area (Å²) in [6, 6.07) is 0.766. The molecule has 0 unspecified atom stereocenters. The van der Waals surface area contributed by atoms with Gasteiger partial charge in [0.2, 0.25) is 0 Å². The smallest absolute Gasteiger partial charge is 0.0594 e. The van der Waals surface area contributed by atoms with Gasteiger partial charge in [0.1, 0.15) is 0 Å². The van der Waals surface area contributed by atoms with Crippen LogP contribution in [0.3, 0.4) is 0 Å². The second-order valence-electron chi connectivity index (χ2n) is 6.21. The Balaban J connectivity index is 1.48. The zero-order valence-electron chi connectivity index (χ0n) is 12.1. The standard InChI is InChI=1S/C16H31NO/c1-2-14-8-10-15(11-9-14)17-12-13-18-16-6-4-3-5-7-16/h14-17H,2-13H2,1H3. The van der Waals surface area contributed by atoms with Crippen molar-refractivity contribution in [2.24, 2.45) is 5.92 Å². The first-order chi connectivity index (χ1) is 8.88. The fourth-order valence-corrected chi connectivity index (χ4v) is 3.50. The Kier molecular flexibility index (Phi) is 6.50. The predicted molar refractivity (Wildman–Crippen MR) is 76.9 cm³/mol. The van der Waals surface area contributed by atoms with Crippen molar-refractivity contribution in [3.63, 3.8) is 0 Å².